The molecule has 0 atom stereocenters. The molecule has 1 fully saturated rings. The van der Waals surface area contributed by atoms with Gasteiger partial charge in [0.15, 0.2) is 0 Å². The Hall–Kier alpha value is -0.480. The van der Waals surface area contributed by atoms with Crippen molar-refractivity contribution in [3.63, 3.8) is 0 Å². The second-order valence-electron chi connectivity index (χ2n) is 5.63. The van der Waals surface area contributed by atoms with Crippen molar-refractivity contribution in [1.29, 1.82) is 0 Å². The number of rotatable bonds is 5. The average molecular weight is 366 g/mol. The highest BCUT2D eigenvalue weighted by Gasteiger charge is 2.22. The number of amides is 1. The molecule has 1 aromatic rings. The maximum absolute atomic E-state index is 12.3. The second kappa shape index (κ2) is 9.61. The predicted molar refractivity (Wildman–Crippen MR) is 95.3 cm³/mol. The Labute approximate surface area is 148 Å². The summed E-state index contributed by atoms with van der Waals surface area (Å²) in [6.45, 7) is 2.77. The van der Waals surface area contributed by atoms with Gasteiger partial charge in [0.1, 0.15) is 0 Å². The molecule has 1 aromatic carbocycles. The number of piperidine rings is 1. The fourth-order valence-electron chi connectivity index (χ4n) is 2.76. The van der Waals surface area contributed by atoms with Gasteiger partial charge in [-0.3, -0.25) is 4.79 Å². The molecule has 1 aliphatic rings. The van der Waals surface area contributed by atoms with E-state index in [4.69, 9.17) is 23.2 Å². The summed E-state index contributed by atoms with van der Waals surface area (Å²) in [5.41, 5.74) is 0.850. The molecule has 0 spiro atoms. The monoisotopic (exact) mass is 364 g/mol. The third kappa shape index (κ3) is 5.62. The molecule has 1 saturated heterocycles. The summed E-state index contributed by atoms with van der Waals surface area (Å²) >= 11 is 12.0. The minimum absolute atomic E-state index is 0. The van der Waals surface area contributed by atoms with E-state index < -0.39 is 0 Å². The maximum Gasteiger partial charge on any atom is 0.227 e. The summed E-state index contributed by atoms with van der Waals surface area (Å²) in [5, 5.41) is 4.35. The van der Waals surface area contributed by atoms with Crippen molar-refractivity contribution < 1.29 is 4.79 Å². The van der Waals surface area contributed by atoms with E-state index >= 15 is 0 Å². The first-order valence-corrected chi connectivity index (χ1v) is 8.22. The Morgan fingerprint density at radius 1 is 1.32 bits per heavy atom. The van der Waals surface area contributed by atoms with Crippen molar-refractivity contribution in [1.82, 2.24) is 10.2 Å². The quantitative estimate of drug-likeness (QED) is 0.860. The summed E-state index contributed by atoms with van der Waals surface area (Å²) < 4.78 is 0. The van der Waals surface area contributed by atoms with E-state index in [1.807, 2.05) is 18.0 Å². The van der Waals surface area contributed by atoms with Gasteiger partial charge in [-0.25, -0.2) is 0 Å². The molecule has 0 unspecified atom stereocenters. The van der Waals surface area contributed by atoms with Gasteiger partial charge in [0.2, 0.25) is 5.91 Å². The lowest BCUT2D eigenvalue weighted by Gasteiger charge is -2.32. The third-order valence-electron chi connectivity index (χ3n) is 4.13. The first-order valence-electron chi connectivity index (χ1n) is 7.46. The smallest absolute Gasteiger partial charge is 0.227 e. The molecule has 6 heteroatoms. The van der Waals surface area contributed by atoms with Crippen molar-refractivity contribution in [2.75, 3.05) is 26.7 Å². The van der Waals surface area contributed by atoms with Crippen LogP contribution in [0.3, 0.4) is 0 Å². The average Bonchev–Trinajstić information content (AvgIpc) is 2.48. The van der Waals surface area contributed by atoms with Gasteiger partial charge in [-0.2, -0.15) is 0 Å². The zero-order chi connectivity index (χ0) is 15.2. The predicted octanol–water partition coefficient (Wildman–Crippen LogP) is 3.81. The van der Waals surface area contributed by atoms with E-state index in [2.05, 4.69) is 5.32 Å². The van der Waals surface area contributed by atoms with Crippen LogP contribution in [0.25, 0.3) is 0 Å². The number of likely N-dealkylation sites (tertiary alicyclic amines) is 1. The normalized spacial score (nSPS) is 15.5. The molecule has 0 bridgehead atoms. The molecular weight excluding hydrogens is 343 g/mol. The number of halogens is 3. The summed E-state index contributed by atoms with van der Waals surface area (Å²) in [4.78, 5) is 14.3. The van der Waals surface area contributed by atoms with Gasteiger partial charge in [0.05, 0.1) is 6.42 Å². The third-order valence-corrected chi connectivity index (χ3v) is 4.71. The first kappa shape index (κ1) is 19.6. The maximum atomic E-state index is 12.3. The number of hydrogen-bond donors (Lipinski definition) is 1. The van der Waals surface area contributed by atoms with Crippen LogP contribution in [0.1, 0.15) is 24.8 Å². The van der Waals surface area contributed by atoms with E-state index in [0.29, 0.717) is 16.5 Å². The van der Waals surface area contributed by atoms with Gasteiger partial charge >= 0.3 is 0 Å². The van der Waals surface area contributed by atoms with Gasteiger partial charge in [-0.15, -0.1) is 12.4 Å². The molecule has 0 aromatic heterocycles. The summed E-state index contributed by atoms with van der Waals surface area (Å²) in [5.74, 6) is 0.895. The molecule has 1 heterocycles. The molecule has 0 aliphatic carbocycles. The van der Waals surface area contributed by atoms with Crippen LogP contribution in [0.5, 0.6) is 0 Å². The van der Waals surface area contributed by atoms with Gasteiger partial charge in [0.25, 0.3) is 0 Å². The number of carbonyl (C=O) groups is 1. The van der Waals surface area contributed by atoms with E-state index in [-0.39, 0.29) is 18.3 Å². The fourth-order valence-corrected chi connectivity index (χ4v) is 3.23. The van der Waals surface area contributed by atoms with E-state index in [1.165, 1.54) is 6.42 Å². The van der Waals surface area contributed by atoms with Crippen molar-refractivity contribution in [2.24, 2.45) is 5.92 Å². The Balaban J connectivity index is 0.00000242. The van der Waals surface area contributed by atoms with Crippen molar-refractivity contribution in [3.05, 3.63) is 33.8 Å². The lowest BCUT2D eigenvalue weighted by Crippen LogP contribution is -2.39. The number of hydrogen-bond acceptors (Lipinski definition) is 2. The Bertz CT molecular complexity index is 488. The zero-order valence-corrected chi connectivity index (χ0v) is 15.1. The largest absolute Gasteiger partial charge is 0.342 e. The second-order valence-corrected chi connectivity index (χ2v) is 6.47. The van der Waals surface area contributed by atoms with Crippen molar-refractivity contribution in [2.45, 2.75) is 25.7 Å². The molecule has 1 amide bonds. The van der Waals surface area contributed by atoms with Crippen LogP contribution in [0, 0.1) is 5.92 Å². The SMILES string of the molecule is CNCCC1CCN(C(=O)Cc2ccc(Cl)cc2Cl)CC1.Cl. The molecular formula is C16H23Cl3N2O. The van der Waals surface area contributed by atoms with Crippen LogP contribution in [0.2, 0.25) is 10.0 Å². The molecule has 0 saturated carbocycles. The highest BCUT2D eigenvalue weighted by molar-refractivity contribution is 6.35. The number of benzene rings is 1. The first-order chi connectivity index (χ1) is 10.1. The van der Waals surface area contributed by atoms with E-state index in [1.54, 1.807) is 12.1 Å². The van der Waals surface area contributed by atoms with E-state index in [9.17, 15) is 4.79 Å². The minimum Gasteiger partial charge on any atom is -0.342 e. The number of carbonyl (C=O) groups excluding carboxylic acids is 1. The Kier molecular flexibility index (Phi) is 8.55. The Morgan fingerprint density at radius 2 is 2.00 bits per heavy atom. The molecule has 124 valence electrons. The van der Waals surface area contributed by atoms with Crippen molar-refractivity contribution in [3.8, 4) is 0 Å². The highest BCUT2D eigenvalue weighted by Crippen LogP contribution is 2.24. The fraction of sp³-hybridized carbons (Fsp3) is 0.562. The van der Waals surface area contributed by atoms with Crippen LogP contribution in [0.4, 0.5) is 0 Å². The van der Waals surface area contributed by atoms with Crippen LogP contribution in [-0.4, -0.2) is 37.5 Å². The van der Waals surface area contributed by atoms with Gasteiger partial charge < -0.3 is 10.2 Å². The molecule has 1 aliphatic heterocycles. The molecule has 2 rings (SSSR count). The lowest BCUT2D eigenvalue weighted by atomic mass is 9.93. The Morgan fingerprint density at radius 3 is 2.59 bits per heavy atom. The zero-order valence-electron chi connectivity index (χ0n) is 12.8. The minimum atomic E-state index is 0. The highest BCUT2D eigenvalue weighted by atomic mass is 35.5. The van der Waals surface area contributed by atoms with Gasteiger partial charge in [-0.1, -0.05) is 29.3 Å². The topological polar surface area (TPSA) is 32.3 Å². The summed E-state index contributed by atoms with van der Waals surface area (Å²) in [6, 6.07) is 5.30. The number of nitrogens with zero attached hydrogens (tertiary/aromatic N) is 1. The van der Waals surface area contributed by atoms with Crippen LogP contribution >= 0.6 is 35.6 Å². The molecule has 22 heavy (non-hydrogen) atoms. The van der Waals surface area contributed by atoms with Crippen molar-refractivity contribution >= 4 is 41.5 Å². The van der Waals surface area contributed by atoms with Gasteiger partial charge in [-0.05, 0) is 56.5 Å². The van der Waals surface area contributed by atoms with Crippen LogP contribution in [0.15, 0.2) is 18.2 Å². The number of nitrogens with one attached hydrogen (secondary N) is 1. The standard InChI is InChI=1S/C16H22Cl2N2O.ClH/c1-19-7-4-12-5-8-20(9-6-12)16(21)10-13-2-3-14(17)11-15(13)18;/h2-3,11-12,19H,4-10H2,1H3;1H. The van der Waals surface area contributed by atoms with E-state index in [0.717, 1.165) is 44.0 Å². The molecule has 3 nitrogen and oxygen atoms in total. The lowest BCUT2D eigenvalue weighted by molar-refractivity contribution is -0.131. The summed E-state index contributed by atoms with van der Waals surface area (Å²) in [7, 11) is 1.98. The van der Waals surface area contributed by atoms with Crippen LogP contribution in [-0.2, 0) is 11.2 Å². The van der Waals surface area contributed by atoms with Crippen LogP contribution < -0.4 is 5.32 Å². The summed E-state index contributed by atoms with van der Waals surface area (Å²) in [6.07, 6.45) is 3.75. The molecule has 1 N–H and O–H groups in total. The van der Waals surface area contributed by atoms with Gasteiger partial charge in [0, 0.05) is 23.1 Å². The molecule has 0 radical (unpaired) electrons.